The Kier molecular flexibility index (Phi) is 13.9. The number of nitrogen functional groups attached to an aromatic ring is 1. The van der Waals surface area contributed by atoms with Crippen LogP contribution in [0.2, 0.25) is 0 Å². The number of carbonyl (C=O) groups excluding carboxylic acids is 1. The highest BCUT2D eigenvalue weighted by atomic mass is 31.3. The Labute approximate surface area is 243 Å². The molecule has 6 atom stereocenters. The first-order chi connectivity index (χ1) is 20.1. The van der Waals surface area contributed by atoms with Crippen molar-refractivity contribution in [1.82, 2.24) is 14.9 Å². The third-order valence-electron chi connectivity index (χ3n) is 4.89. The molecular formula is C20H28FN4O15P3. The minimum atomic E-state index is -5.63. The number of carbonyl (C=O) groups is 1. The van der Waals surface area contributed by atoms with Gasteiger partial charge in [0.05, 0.1) is 37.8 Å². The molecule has 1 amide bonds. The van der Waals surface area contributed by atoms with Gasteiger partial charge in [-0.05, 0) is 6.08 Å². The normalized spacial score (nSPS) is 22.5. The van der Waals surface area contributed by atoms with Gasteiger partial charge in [-0.2, -0.15) is 13.6 Å². The van der Waals surface area contributed by atoms with E-state index in [0.717, 1.165) is 10.6 Å². The van der Waals surface area contributed by atoms with Crippen LogP contribution < -0.4 is 16.7 Å². The van der Waals surface area contributed by atoms with E-state index in [2.05, 4.69) is 46.6 Å². The summed E-state index contributed by atoms with van der Waals surface area (Å²) in [5.74, 6) is 4.94. The van der Waals surface area contributed by atoms with Gasteiger partial charge in [0, 0.05) is 19.7 Å². The number of phosphoric ester groups is 2. The number of alkyl carbamates (subject to hydrolysis) is 1. The van der Waals surface area contributed by atoms with Crippen molar-refractivity contribution in [1.29, 1.82) is 0 Å². The fraction of sp³-hybridized carbons (Fsp3) is 0.450. The van der Waals surface area contributed by atoms with Gasteiger partial charge in [0.15, 0.2) is 0 Å². The van der Waals surface area contributed by atoms with E-state index >= 15 is 0 Å². The summed E-state index contributed by atoms with van der Waals surface area (Å²) in [4.78, 5) is 56.2. The predicted octanol–water partition coefficient (Wildman–Crippen LogP) is 1.24. The molecule has 0 saturated carbocycles. The summed E-state index contributed by atoms with van der Waals surface area (Å²) in [5.41, 5.74) is 4.98. The number of anilines is 1. The van der Waals surface area contributed by atoms with Crippen LogP contribution in [0, 0.1) is 11.8 Å². The molecule has 3 unspecified atom stereocenters. The van der Waals surface area contributed by atoms with Crippen LogP contribution in [-0.2, 0) is 45.6 Å². The third kappa shape index (κ3) is 12.4. The average Bonchev–Trinajstić information content (AvgIpc) is 3.31. The second kappa shape index (κ2) is 16.4. The summed E-state index contributed by atoms with van der Waals surface area (Å²) in [6.45, 7) is 2.20. The summed E-state index contributed by atoms with van der Waals surface area (Å²) in [6, 6.07) is 0. The number of rotatable bonds is 15. The standard InChI is InChI=1S/C20H28FN4O15P3/c1-3-9-35-15-11-17(38-16(15)13-37-42(30,31)40-43(32,33)39-41(28,29)34-2)25-12-14(18(22)24-19(25)26)6-4-8-23-20(27)36-10-5-7-21/h3,5,7,12,15-17H,1,8-11,13H2,2H3,(H,23,27)(H,28,29)(H,30,31)(H,32,33)(H2,22,24,26)/b7-5-/t15-,16-,17-/m1/s1. The van der Waals surface area contributed by atoms with Crippen LogP contribution in [0.5, 0.6) is 0 Å². The van der Waals surface area contributed by atoms with Crippen LogP contribution >= 0.6 is 23.5 Å². The van der Waals surface area contributed by atoms with E-state index in [1.807, 2.05) is 0 Å². The number of nitrogens with one attached hydrogen (secondary N) is 1. The minimum Gasteiger partial charge on any atom is -0.445 e. The van der Waals surface area contributed by atoms with Gasteiger partial charge in [-0.3, -0.25) is 13.6 Å². The molecule has 2 rings (SSSR count). The van der Waals surface area contributed by atoms with Crippen LogP contribution in [0.3, 0.4) is 0 Å². The number of aromatic nitrogens is 2. The van der Waals surface area contributed by atoms with Crippen molar-refractivity contribution in [2.45, 2.75) is 24.9 Å². The van der Waals surface area contributed by atoms with Crippen molar-refractivity contribution in [2.75, 3.05) is 39.2 Å². The number of hydrogen-bond acceptors (Lipinski definition) is 14. The number of ether oxygens (including phenoxy) is 3. The summed E-state index contributed by atoms with van der Waals surface area (Å²) < 4.78 is 80.7. The number of amides is 1. The molecule has 0 spiro atoms. The fourth-order valence-corrected chi connectivity index (χ4v) is 6.40. The van der Waals surface area contributed by atoms with E-state index in [0.29, 0.717) is 7.11 Å². The molecular weight excluding hydrogens is 648 g/mol. The second-order valence-electron chi connectivity index (χ2n) is 7.92. The molecule has 1 aromatic heterocycles. The van der Waals surface area contributed by atoms with E-state index in [-0.39, 0.29) is 43.9 Å². The average molecular weight is 676 g/mol. The predicted molar refractivity (Wildman–Crippen MR) is 142 cm³/mol. The summed E-state index contributed by atoms with van der Waals surface area (Å²) in [7, 11) is -15.5. The third-order valence-corrected chi connectivity index (χ3v) is 9.13. The van der Waals surface area contributed by atoms with Gasteiger partial charge in [0.2, 0.25) is 0 Å². The van der Waals surface area contributed by atoms with E-state index in [9.17, 15) is 37.5 Å². The molecule has 1 aliphatic rings. The van der Waals surface area contributed by atoms with Gasteiger partial charge < -0.3 is 39.9 Å². The van der Waals surface area contributed by atoms with Crippen LogP contribution in [0.25, 0.3) is 0 Å². The fourth-order valence-electron chi connectivity index (χ4n) is 3.14. The van der Waals surface area contributed by atoms with E-state index < -0.39 is 60.3 Å². The highest BCUT2D eigenvalue weighted by Gasteiger charge is 2.44. The maximum Gasteiger partial charge on any atom is 0.490 e. The number of hydrogen-bond donors (Lipinski definition) is 5. The highest BCUT2D eigenvalue weighted by molar-refractivity contribution is 7.66. The molecule has 19 nitrogen and oxygen atoms in total. The van der Waals surface area contributed by atoms with Crippen molar-refractivity contribution in [3.63, 3.8) is 0 Å². The van der Waals surface area contributed by atoms with E-state index in [1.165, 1.54) is 12.3 Å². The molecule has 23 heteroatoms. The van der Waals surface area contributed by atoms with Crippen molar-refractivity contribution >= 4 is 35.4 Å². The largest absolute Gasteiger partial charge is 0.490 e. The smallest absolute Gasteiger partial charge is 0.445 e. The second-order valence-corrected chi connectivity index (χ2v) is 12.7. The molecule has 0 bridgehead atoms. The van der Waals surface area contributed by atoms with E-state index in [4.69, 9.17) is 24.6 Å². The Morgan fingerprint density at radius 1 is 1.28 bits per heavy atom. The van der Waals surface area contributed by atoms with Gasteiger partial charge >= 0.3 is 35.3 Å². The van der Waals surface area contributed by atoms with Gasteiger partial charge in [-0.1, -0.05) is 17.9 Å². The molecule has 1 saturated heterocycles. The molecule has 1 fully saturated rings. The Bertz CT molecular complexity index is 1440. The van der Waals surface area contributed by atoms with Crippen molar-refractivity contribution < 1.29 is 69.4 Å². The van der Waals surface area contributed by atoms with Crippen LogP contribution in [0.15, 0.2) is 36.1 Å². The van der Waals surface area contributed by atoms with Gasteiger partial charge in [0.25, 0.3) is 0 Å². The molecule has 1 aliphatic heterocycles. The molecule has 43 heavy (non-hydrogen) atoms. The lowest BCUT2D eigenvalue weighted by Gasteiger charge is -2.21. The van der Waals surface area contributed by atoms with E-state index in [1.54, 1.807) is 0 Å². The van der Waals surface area contributed by atoms with Crippen LogP contribution in [-0.4, -0.2) is 76.0 Å². The number of halogens is 1. The maximum atomic E-state index is 12.6. The lowest BCUT2D eigenvalue weighted by Crippen LogP contribution is -2.29. The molecule has 1 aromatic rings. The molecule has 0 aliphatic carbocycles. The first-order valence-corrected chi connectivity index (χ1v) is 16.1. The number of nitrogens with zero attached hydrogens (tertiary/aromatic N) is 2. The molecule has 240 valence electrons. The SMILES string of the molecule is C=CCO[C@@H]1C[C@H](n2cc(C#CCNC(=O)OC/C=C\F)c(N)nc2=O)O[C@@H]1COP(=O)(O)OP(=O)(O)OP(=O)(O)OC. The van der Waals surface area contributed by atoms with Crippen LogP contribution in [0.1, 0.15) is 18.2 Å². The maximum absolute atomic E-state index is 12.6. The zero-order valence-corrected chi connectivity index (χ0v) is 24.9. The monoisotopic (exact) mass is 676 g/mol. The summed E-state index contributed by atoms with van der Waals surface area (Å²) in [5, 5.41) is 2.29. The quantitative estimate of drug-likeness (QED) is 0.0993. The molecule has 6 N–H and O–H groups in total. The lowest BCUT2D eigenvalue weighted by molar-refractivity contribution is -0.0570. The summed E-state index contributed by atoms with van der Waals surface area (Å²) >= 11 is 0. The first kappa shape index (κ1) is 36.4. The summed E-state index contributed by atoms with van der Waals surface area (Å²) in [6.07, 6.45) is -0.307. The Balaban J connectivity index is 2.15. The first-order valence-electron chi connectivity index (χ1n) is 11.6. The zero-order valence-electron chi connectivity index (χ0n) is 22.2. The lowest BCUT2D eigenvalue weighted by atomic mass is 10.2. The van der Waals surface area contributed by atoms with Gasteiger partial charge in [-0.25, -0.2) is 27.7 Å². The minimum absolute atomic E-state index is 0.0157. The van der Waals surface area contributed by atoms with Crippen molar-refractivity contribution in [3.8, 4) is 11.8 Å². The van der Waals surface area contributed by atoms with Gasteiger partial charge in [0.1, 0.15) is 24.8 Å². The Morgan fingerprint density at radius 3 is 2.63 bits per heavy atom. The highest BCUT2D eigenvalue weighted by Crippen LogP contribution is 2.67. The molecule has 0 radical (unpaired) electrons. The van der Waals surface area contributed by atoms with Gasteiger partial charge in [-0.15, -0.1) is 6.58 Å². The topological polar surface area (TPSA) is 267 Å². The Hall–Kier alpha value is -2.75. The molecule has 0 aromatic carbocycles. The van der Waals surface area contributed by atoms with Crippen molar-refractivity contribution in [2.24, 2.45) is 0 Å². The molecule has 2 heterocycles. The zero-order chi connectivity index (χ0) is 32.3. The Morgan fingerprint density at radius 2 is 1.98 bits per heavy atom. The number of phosphoric acid groups is 3. The van der Waals surface area contributed by atoms with Crippen molar-refractivity contribution in [3.05, 3.63) is 47.3 Å². The van der Waals surface area contributed by atoms with Crippen LogP contribution in [0.4, 0.5) is 15.0 Å². The number of nitrogens with two attached hydrogens (primary N) is 1.